The molecule has 0 saturated carbocycles. The van der Waals surface area contributed by atoms with E-state index in [0.29, 0.717) is 12.5 Å². The fourth-order valence-electron chi connectivity index (χ4n) is 2.12. The summed E-state index contributed by atoms with van der Waals surface area (Å²) >= 11 is 0. The Morgan fingerprint density at radius 3 is 2.77 bits per heavy atom. The highest BCUT2D eigenvalue weighted by Gasteiger charge is 2.25. The maximum atomic E-state index is 10.6. The minimum absolute atomic E-state index is 0.270. The minimum atomic E-state index is -0.669. The van der Waals surface area contributed by atoms with E-state index in [1.807, 2.05) is 0 Å². The first kappa shape index (κ1) is 10.5. The van der Waals surface area contributed by atoms with Gasteiger partial charge in [0.1, 0.15) is 0 Å². The molecule has 76 valence electrons. The van der Waals surface area contributed by atoms with Gasteiger partial charge in [-0.1, -0.05) is 6.42 Å². The molecule has 0 amide bonds. The lowest BCUT2D eigenvalue weighted by Gasteiger charge is -2.37. The van der Waals surface area contributed by atoms with E-state index < -0.39 is 5.97 Å². The molecule has 0 bridgehead atoms. The van der Waals surface area contributed by atoms with Crippen molar-refractivity contribution < 1.29 is 9.90 Å². The Morgan fingerprint density at radius 1 is 1.54 bits per heavy atom. The van der Waals surface area contributed by atoms with Gasteiger partial charge in [-0.15, -0.1) is 0 Å². The molecule has 1 saturated heterocycles. The highest BCUT2D eigenvalue weighted by molar-refractivity contribution is 5.67. The number of carbonyl (C=O) groups is 1. The normalized spacial score (nSPS) is 25.0. The second-order valence-electron chi connectivity index (χ2n) is 4.08. The molecule has 3 heteroatoms. The zero-order valence-electron chi connectivity index (χ0n) is 8.49. The molecule has 1 atom stereocenters. The van der Waals surface area contributed by atoms with Crippen molar-refractivity contribution >= 4 is 5.97 Å². The second-order valence-corrected chi connectivity index (χ2v) is 4.08. The first-order chi connectivity index (χ1) is 6.11. The van der Waals surface area contributed by atoms with Crippen molar-refractivity contribution in [1.82, 2.24) is 4.90 Å². The van der Waals surface area contributed by atoms with Gasteiger partial charge < -0.3 is 5.11 Å². The number of nitrogens with zero attached hydrogens (tertiary/aromatic N) is 1. The lowest BCUT2D eigenvalue weighted by Crippen LogP contribution is -2.44. The molecule has 1 heterocycles. The van der Waals surface area contributed by atoms with Crippen molar-refractivity contribution in [3.63, 3.8) is 0 Å². The second kappa shape index (κ2) is 4.61. The third-order valence-corrected chi connectivity index (χ3v) is 2.75. The van der Waals surface area contributed by atoms with Crippen LogP contribution in [-0.4, -0.2) is 34.6 Å². The van der Waals surface area contributed by atoms with Crippen LogP contribution in [0.4, 0.5) is 0 Å². The van der Waals surface area contributed by atoms with Gasteiger partial charge in [0.05, 0.1) is 6.42 Å². The molecule has 1 fully saturated rings. The molecule has 13 heavy (non-hydrogen) atoms. The molecule has 0 aromatic rings. The van der Waals surface area contributed by atoms with Gasteiger partial charge in [-0.2, -0.15) is 0 Å². The summed E-state index contributed by atoms with van der Waals surface area (Å²) in [4.78, 5) is 12.9. The minimum Gasteiger partial charge on any atom is -0.481 e. The molecule has 1 aliphatic rings. The largest absolute Gasteiger partial charge is 0.481 e. The van der Waals surface area contributed by atoms with Crippen LogP contribution in [0.1, 0.15) is 39.5 Å². The maximum absolute atomic E-state index is 10.6. The summed E-state index contributed by atoms with van der Waals surface area (Å²) in [5.41, 5.74) is 0. The van der Waals surface area contributed by atoms with Crippen molar-refractivity contribution in [1.29, 1.82) is 0 Å². The zero-order valence-corrected chi connectivity index (χ0v) is 8.49. The molecule has 0 aromatic carbocycles. The van der Waals surface area contributed by atoms with Gasteiger partial charge in [-0.05, 0) is 33.2 Å². The molecule has 1 N–H and O–H groups in total. The SMILES string of the molecule is CC(C)N1CCCC[C@@H]1CC(=O)O. The third kappa shape index (κ3) is 2.99. The van der Waals surface area contributed by atoms with E-state index in [1.54, 1.807) is 0 Å². The van der Waals surface area contributed by atoms with Gasteiger partial charge in [0.25, 0.3) is 0 Å². The fourth-order valence-corrected chi connectivity index (χ4v) is 2.12. The number of hydrogen-bond donors (Lipinski definition) is 1. The molecular formula is C10H19NO2. The van der Waals surface area contributed by atoms with Crippen LogP contribution < -0.4 is 0 Å². The van der Waals surface area contributed by atoms with E-state index in [-0.39, 0.29) is 6.04 Å². The van der Waals surface area contributed by atoms with E-state index in [1.165, 1.54) is 12.8 Å². The van der Waals surface area contributed by atoms with Crippen molar-refractivity contribution in [2.24, 2.45) is 0 Å². The van der Waals surface area contributed by atoms with E-state index in [0.717, 1.165) is 13.0 Å². The number of piperidine rings is 1. The lowest BCUT2D eigenvalue weighted by atomic mass is 9.98. The number of hydrogen-bond acceptors (Lipinski definition) is 2. The lowest BCUT2D eigenvalue weighted by molar-refractivity contribution is -0.139. The molecule has 0 radical (unpaired) electrons. The maximum Gasteiger partial charge on any atom is 0.304 e. The summed E-state index contributed by atoms with van der Waals surface area (Å²) < 4.78 is 0. The summed E-state index contributed by atoms with van der Waals surface area (Å²) in [5, 5.41) is 8.74. The standard InChI is InChI=1S/C10H19NO2/c1-8(2)11-6-4-3-5-9(11)7-10(12)13/h8-9H,3-7H2,1-2H3,(H,12,13)/t9-/m1/s1. The van der Waals surface area contributed by atoms with Crippen LogP contribution >= 0.6 is 0 Å². The summed E-state index contributed by atoms with van der Waals surface area (Å²) in [6.07, 6.45) is 3.75. The quantitative estimate of drug-likeness (QED) is 0.728. The van der Waals surface area contributed by atoms with E-state index in [9.17, 15) is 4.79 Å². The van der Waals surface area contributed by atoms with Gasteiger partial charge in [0.2, 0.25) is 0 Å². The van der Waals surface area contributed by atoms with E-state index in [2.05, 4.69) is 18.7 Å². The number of carboxylic acids is 1. The molecule has 0 unspecified atom stereocenters. The number of aliphatic carboxylic acids is 1. The van der Waals surface area contributed by atoms with Crippen molar-refractivity contribution in [3.8, 4) is 0 Å². The first-order valence-electron chi connectivity index (χ1n) is 5.09. The topological polar surface area (TPSA) is 40.5 Å². The molecule has 0 spiro atoms. The predicted octanol–water partition coefficient (Wildman–Crippen LogP) is 1.72. The summed E-state index contributed by atoms with van der Waals surface area (Å²) in [5.74, 6) is -0.669. The van der Waals surface area contributed by atoms with E-state index >= 15 is 0 Å². The van der Waals surface area contributed by atoms with Gasteiger partial charge in [0, 0.05) is 12.1 Å². The average Bonchev–Trinajstić information content (AvgIpc) is 2.03. The van der Waals surface area contributed by atoms with Crippen LogP contribution in [0.5, 0.6) is 0 Å². The van der Waals surface area contributed by atoms with Crippen LogP contribution in [0, 0.1) is 0 Å². The summed E-state index contributed by atoms with van der Waals surface area (Å²) in [6, 6.07) is 0.746. The Morgan fingerprint density at radius 2 is 2.23 bits per heavy atom. The molecule has 0 aromatic heterocycles. The smallest absolute Gasteiger partial charge is 0.304 e. The molecule has 3 nitrogen and oxygen atoms in total. The Hall–Kier alpha value is -0.570. The number of rotatable bonds is 3. The fraction of sp³-hybridized carbons (Fsp3) is 0.900. The summed E-state index contributed by atoms with van der Waals surface area (Å²) in [7, 11) is 0. The Labute approximate surface area is 79.7 Å². The molecule has 0 aliphatic carbocycles. The van der Waals surface area contributed by atoms with Crippen molar-refractivity contribution in [3.05, 3.63) is 0 Å². The molecular weight excluding hydrogens is 166 g/mol. The Balaban J connectivity index is 2.51. The Kier molecular flexibility index (Phi) is 3.72. The monoisotopic (exact) mass is 185 g/mol. The van der Waals surface area contributed by atoms with Crippen molar-refractivity contribution in [2.45, 2.75) is 51.6 Å². The van der Waals surface area contributed by atoms with Crippen molar-refractivity contribution in [2.75, 3.05) is 6.54 Å². The first-order valence-corrected chi connectivity index (χ1v) is 5.09. The van der Waals surface area contributed by atoms with Crippen LogP contribution in [-0.2, 0) is 4.79 Å². The number of likely N-dealkylation sites (tertiary alicyclic amines) is 1. The molecule has 1 rings (SSSR count). The van der Waals surface area contributed by atoms with Gasteiger partial charge in [0.15, 0.2) is 0 Å². The highest BCUT2D eigenvalue weighted by atomic mass is 16.4. The zero-order chi connectivity index (χ0) is 9.84. The van der Waals surface area contributed by atoms with Crippen LogP contribution in [0.3, 0.4) is 0 Å². The molecule has 1 aliphatic heterocycles. The Bertz CT molecular complexity index is 180. The van der Waals surface area contributed by atoms with Gasteiger partial charge in [-0.25, -0.2) is 0 Å². The highest BCUT2D eigenvalue weighted by Crippen LogP contribution is 2.21. The van der Waals surface area contributed by atoms with Crippen LogP contribution in [0.25, 0.3) is 0 Å². The average molecular weight is 185 g/mol. The predicted molar refractivity (Wildman–Crippen MR) is 51.7 cm³/mol. The van der Waals surface area contributed by atoms with Crippen LogP contribution in [0.15, 0.2) is 0 Å². The number of carboxylic acid groups (broad SMARTS) is 1. The third-order valence-electron chi connectivity index (χ3n) is 2.75. The van der Waals surface area contributed by atoms with Crippen LogP contribution in [0.2, 0.25) is 0 Å². The van der Waals surface area contributed by atoms with E-state index in [4.69, 9.17) is 5.11 Å². The van der Waals surface area contributed by atoms with Gasteiger partial charge >= 0.3 is 5.97 Å². The summed E-state index contributed by atoms with van der Waals surface area (Å²) in [6.45, 7) is 5.34. The van der Waals surface area contributed by atoms with Gasteiger partial charge in [-0.3, -0.25) is 9.69 Å².